The average molecular weight is 456 g/mol. The Morgan fingerprint density at radius 1 is 1.22 bits per heavy atom. The fourth-order valence-corrected chi connectivity index (χ4v) is 5.61. The Hall–Kier alpha value is -3.36. The lowest BCUT2D eigenvalue weighted by Gasteiger charge is -2.49. The van der Waals surface area contributed by atoms with E-state index in [1.54, 1.807) is 30.0 Å². The fraction of sp³-hybridized carbons (Fsp3) is 0.286. The van der Waals surface area contributed by atoms with E-state index >= 15 is 0 Å². The molecule has 0 atom stereocenters. The van der Waals surface area contributed by atoms with Gasteiger partial charge >= 0.3 is 0 Å². The molecule has 8 nitrogen and oxygen atoms in total. The highest BCUT2D eigenvalue weighted by Gasteiger charge is 2.49. The molecule has 0 unspecified atom stereocenters. The van der Waals surface area contributed by atoms with Gasteiger partial charge in [-0.15, -0.1) is 0 Å². The Balaban J connectivity index is 1.75. The van der Waals surface area contributed by atoms with Crippen LogP contribution in [0.4, 0.5) is 8.78 Å². The Labute approximate surface area is 182 Å². The number of sulfonamides is 1. The quantitative estimate of drug-likeness (QED) is 0.496. The zero-order valence-electron chi connectivity index (χ0n) is 17.0. The van der Waals surface area contributed by atoms with Crippen LogP contribution < -0.4 is 0 Å². The van der Waals surface area contributed by atoms with E-state index in [0.717, 1.165) is 12.1 Å². The van der Waals surface area contributed by atoms with Gasteiger partial charge in [-0.3, -0.25) is 0 Å². The van der Waals surface area contributed by atoms with Crippen LogP contribution >= 0.6 is 0 Å². The minimum atomic E-state index is -3.44. The van der Waals surface area contributed by atoms with E-state index in [1.165, 1.54) is 10.6 Å². The highest BCUT2D eigenvalue weighted by atomic mass is 32.2. The maximum absolute atomic E-state index is 14.3. The fourth-order valence-electron chi connectivity index (χ4n) is 4.37. The van der Waals surface area contributed by atoms with Crippen LogP contribution in [0.5, 0.6) is 0 Å². The lowest BCUT2D eigenvalue weighted by atomic mass is 9.88. The first kappa shape index (κ1) is 20.5. The Morgan fingerprint density at radius 3 is 2.69 bits per heavy atom. The van der Waals surface area contributed by atoms with E-state index in [0.29, 0.717) is 33.2 Å². The van der Waals surface area contributed by atoms with Crippen LogP contribution in [0.3, 0.4) is 0 Å². The van der Waals surface area contributed by atoms with Gasteiger partial charge in [0.2, 0.25) is 10.0 Å². The van der Waals surface area contributed by atoms with Gasteiger partial charge in [0.15, 0.2) is 11.6 Å². The zero-order valence-corrected chi connectivity index (χ0v) is 17.8. The van der Waals surface area contributed by atoms with Crippen LogP contribution in [0.1, 0.15) is 13.3 Å². The van der Waals surface area contributed by atoms with Gasteiger partial charge in [-0.1, -0.05) is 0 Å². The van der Waals surface area contributed by atoms with E-state index < -0.39 is 27.2 Å². The van der Waals surface area contributed by atoms with Crippen molar-refractivity contribution < 1.29 is 17.2 Å². The minimum absolute atomic E-state index is 0.00822. The van der Waals surface area contributed by atoms with Gasteiger partial charge in [-0.25, -0.2) is 27.2 Å². The molecule has 0 radical (unpaired) electrons. The number of aromatic amines is 1. The molecule has 5 rings (SSSR count). The highest BCUT2D eigenvalue weighted by molar-refractivity contribution is 7.89. The van der Waals surface area contributed by atoms with Gasteiger partial charge in [0, 0.05) is 47.9 Å². The summed E-state index contributed by atoms with van der Waals surface area (Å²) in [4.78, 5) is 11.5. The number of aromatic nitrogens is 4. The monoisotopic (exact) mass is 456 g/mol. The van der Waals surface area contributed by atoms with Crippen molar-refractivity contribution in [3.63, 3.8) is 0 Å². The second-order valence-electron chi connectivity index (χ2n) is 7.89. The van der Waals surface area contributed by atoms with Crippen LogP contribution in [0.15, 0.2) is 36.9 Å². The summed E-state index contributed by atoms with van der Waals surface area (Å²) in [7, 11) is -3.44. The van der Waals surface area contributed by atoms with Crippen molar-refractivity contribution in [3.8, 4) is 17.3 Å². The molecule has 0 spiro atoms. The summed E-state index contributed by atoms with van der Waals surface area (Å²) in [6.07, 6.45) is 4.79. The Bertz CT molecular complexity index is 1510. The molecule has 1 fully saturated rings. The van der Waals surface area contributed by atoms with Gasteiger partial charge < -0.3 is 9.55 Å². The third kappa shape index (κ3) is 2.91. The molecule has 4 heterocycles. The number of benzene rings is 1. The lowest BCUT2D eigenvalue weighted by molar-refractivity contribution is 0.0892. The van der Waals surface area contributed by atoms with E-state index in [1.807, 2.05) is 0 Å². The van der Waals surface area contributed by atoms with E-state index in [9.17, 15) is 22.5 Å². The molecule has 3 aromatic heterocycles. The number of fused-ring (bicyclic) bond motifs is 2. The number of rotatable bonds is 5. The van der Waals surface area contributed by atoms with Crippen molar-refractivity contribution in [2.24, 2.45) is 0 Å². The van der Waals surface area contributed by atoms with Crippen molar-refractivity contribution in [2.45, 2.75) is 18.9 Å². The molecule has 0 amide bonds. The number of hydrogen-bond donors (Lipinski definition) is 1. The average Bonchev–Trinajstić information content (AvgIpc) is 3.36. The predicted molar refractivity (Wildman–Crippen MR) is 114 cm³/mol. The summed E-state index contributed by atoms with van der Waals surface area (Å²) in [6, 6.07) is 6.10. The maximum Gasteiger partial charge on any atom is 0.213 e. The lowest BCUT2D eigenvalue weighted by Crippen LogP contribution is -2.64. The number of nitriles is 1. The van der Waals surface area contributed by atoms with Crippen molar-refractivity contribution in [2.75, 3.05) is 18.8 Å². The first-order valence-corrected chi connectivity index (χ1v) is 11.5. The summed E-state index contributed by atoms with van der Waals surface area (Å²) in [5.74, 6) is -2.09. The second-order valence-corrected chi connectivity index (χ2v) is 10.1. The third-order valence-electron chi connectivity index (χ3n) is 6.07. The SMILES string of the molecule is CCS(=O)(=O)N1CC(CC#N)(n2cc(-c3ncnc4[nH]ccc34)c3cc(F)c(F)cc32)C1. The molecule has 1 aliphatic heterocycles. The third-order valence-corrected chi connectivity index (χ3v) is 7.85. The predicted octanol–water partition coefficient (Wildman–Crippen LogP) is 3.13. The standard InChI is InChI=1S/C21H18F2N6O2S/c1-2-32(30,31)28-10-21(11-28,4-5-24)29-9-15(14-7-16(22)17(23)8-18(14)29)19-13-3-6-25-20(13)27-12-26-19/h3,6-9,12H,2,4,10-11H2,1H3,(H,25,26,27). The smallest absolute Gasteiger partial charge is 0.213 e. The molecule has 0 aliphatic carbocycles. The number of H-pyrrole nitrogens is 1. The molecule has 0 bridgehead atoms. The van der Waals surface area contributed by atoms with Gasteiger partial charge in [-0.05, 0) is 19.1 Å². The summed E-state index contributed by atoms with van der Waals surface area (Å²) in [5, 5.41) is 10.6. The van der Waals surface area contributed by atoms with Crippen molar-refractivity contribution in [1.29, 1.82) is 5.26 Å². The summed E-state index contributed by atoms with van der Waals surface area (Å²) in [6.45, 7) is 1.70. The van der Waals surface area contributed by atoms with E-state index in [4.69, 9.17) is 0 Å². The van der Waals surface area contributed by atoms with Crippen molar-refractivity contribution in [1.82, 2.24) is 23.8 Å². The number of nitrogens with zero attached hydrogens (tertiary/aromatic N) is 5. The highest BCUT2D eigenvalue weighted by Crippen LogP contribution is 2.42. The molecule has 0 saturated carbocycles. The molecule has 1 saturated heterocycles. The van der Waals surface area contributed by atoms with Crippen LogP contribution in [-0.4, -0.2) is 51.1 Å². The molecular formula is C21H18F2N6O2S. The Kier molecular flexibility index (Phi) is 4.54. The molecule has 1 aromatic carbocycles. The van der Waals surface area contributed by atoms with Crippen LogP contribution in [0.25, 0.3) is 33.2 Å². The molecule has 4 aromatic rings. The molecular weight excluding hydrogens is 438 g/mol. The zero-order chi connectivity index (χ0) is 22.7. The van der Waals surface area contributed by atoms with Gasteiger partial charge in [-0.2, -0.15) is 9.57 Å². The van der Waals surface area contributed by atoms with Gasteiger partial charge in [0.1, 0.15) is 12.0 Å². The number of hydrogen-bond acceptors (Lipinski definition) is 5. The largest absolute Gasteiger partial charge is 0.346 e. The van der Waals surface area contributed by atoms with Gasteiger partial charge in [0.25, 0.3) is 0 Å². The first-order valence-electron chi connectivity index (χ1n) is 9.93. The Morgan fingerprint density at radius 2 is 1.97 bits per heavy atom. The molecule has 164 valence electrons. The second kappa shape index (κ2) is 7.08. The van der Waals surface area contributed by atoms with Crippen LogP contribution in [0, 0.1) is 23.0 Å². The summed E-state index contributed by atoms with van der Waals surface area (Å²) >= 11 is 0. The number of halogens is 2. The normalized spacial score (nSPS) is 16.3. The van der Waals surface area contributed by atoms with Crippen LogP contribution in [0.2, 0.25) is 0 Å². The van der Waals surface area contributed by atoms with Crippen molar-refractivity contribution >= 4 is 32.0 Å². The van der Waals surface area contributed by atoms with Gasteiger partial charge in [0.05, 0.1) is 35.0 Å². The summed E-state index contributed by atoms with van der Waals surface area (Å²) < 4.78 is 56.2. The maximum atomic E-state index is 14.3. The first-order chi connectivity index (χ1) is 15.3. The van der Waals surface area contributed by atoms with E-state index in [2.05, 4.69) is 21.0 Å². The molecule has 11 heteroatoms. The van der Waals surface area contributed by atoms with Crippen LogP contribution in [-0.2, 0) is 15.6 Å². The molecule has 1 aliphatic rings. The van der Waals surface area contributed by atoms with E-state index in [-0.39, 0.29) is 25.3 Å². The number of nitrogens with one attached hydrogen (secondary N) is 1. The topological polar surface area (TPSA) is 108 Å². The minimum Gasteiger partial charge on any atom is -0.346 e. The molecule has 1 N–H and O–H groups in total. The van der Waals surface area contributed by atoms with Crippen molar-refractivity contribution in [3.05, 3.63) is 48.6 Å². The molecule has 32 heavy (non-hydrogen) atoms. The summed E-state index contributed by atoms with van der Waals surface area (Å²) in [5.41, 5.74) is 1.12.